The van der Waals surface area contributed by atoms with Crippen molar-refractivity contribution < 1.29 is 17.9 Å². The fourth-order valence-corrected chi connectivity index (χ4v) is 6.10. The number of anilines is 1. The van der Waals surface area contributed by atoms with Gasteiger partial charge in [0.15, 0.2) is 0 Å². The first kappa shape index (κ1) is 22.0. The molecule has 2 aliphatic rings. The van der Waals surface area contributed by atoms with Gasteiger partial charge in [-0.1, -0.05) is 6.07 Å². The predicted molar refractivity (Wildman–Crippen MR) is 118 cm³/mol. The number of carbonyl (C=O) groups is 1. The molecule has 1 N–H and O–H groups in total. The van der Waals surface area contributed by atoms with Crippen molar-refractivity contribution in [2.45, 2.75) is 30.7 Å². The van der Waals surface area contributed by atoms with E-state index in [0.29, 0.717) is 37.6 Å². The Kier molecular flexibility index (Phi) is 6.47. The largest absolute Gasteiger partial charge is 0.379 e. The molecule has 8 nitrogen and oxygen atoms in total. The number of nitrogens with zero attached hydrogens (tertiary/aromatic N) is 3. The average Bonchev–Trinajstić information content (AvgIpc) is 3.38. The van der Waals surface area contributed by atoms with E-state index in [9.17, 15) is 13.2 Å². The summed E-state index contributed by atoms with van der Waals surface area (Å²) in [6, 6.07) is 9.41. The van der Waals surface area contributed by atoms with Gasteiger partial charge < -0.3 is 14.6 Å². The first-order valence-electron chi connectivity index (χ1n) is 10.7. The molecule has 1 aromatic heterocycles. The lowest BCUT2D eigenvalue weighted by Gasteiger charge is -2.27. The molecule has 0 saturated carbocycles. The van der Waals surface area contributed by atoms with Crippen LogP contribution in [-0.2, 0) is 26.6 Å². The number of aromatic nitrogens is 1. The number of aryl methyl sites for hydroxylation is 2. The summed E-state index contributed by atoms with van der Waals surface area (Å²) < 4.78 is 35.0. The van der Waals surface area contributed by atoms with Gasteiger partial charge in [0, 0.05) is 37.7 Å². The van der Waals surface area contributed by atoms with Crippen molar-refractivity contribution in [1.29, 1.82) is 0 Å². The minimum absolute atomic E-state index is 0.139. The maximum Gasteiger partial charge on any atom is 0.243 e. The van der Waals surface area contributed by atoms with Crippen LogP contribution in [0.4, 0.5) is 5.69 Å². The molecule has 168 valence electrons. The molecule has 1 amide bonds. The fourth-order valence-electron chi connectivity index (χ4n) is 4.44. The fraction of sp³-hybridized carbons (Fsp3) is 0.500. The summed E-state index contributed by atoms with van der Waals surface area (Å²) in [5, 5.41) is 2.90. The Labute approximate surface area is 183 Å². The van der Waals surface area contributed by atoms with Gasteiger partial charge in [-0.3, -0.25) is 9.69 Å². The zero-order chi connectivity index (χ0) is 22.0. The van der Waals surface area contributed by atoms with E-state index in [0.717, 1.165) is 19.4 Å². The third-order valence-electron chi connectivity index (χ3n) is 6.10. The predicted octanol–water partition coefficient (Wildman–Crippen LogP) is 2.13. The molecule has 0 aliphatic carbocycles. The topological polar surface area (TPSA) is 83.9 Å². The van der Waals surface area contributed by atoms with E-state index < -0.39 is 10.0 Å². The first-order valence-corrected chi connectivity index (χ1v) is 12.1. The van der Waals surface area contributed by atoms with Crippen LogP contribution < -0.4 is 5.32 Å². The van der Waals surface area contributed by atoms with Crippen molar-refractivity contribution in [2.75, 3.05) is 44.7 Å². The molecule has 1 aromatic carbocycles. The zero-order valence-corrected chi connectivity index (χ0v) is 18.9. The first-order chi connectivity index (χ1) is 14.9. The molecular weight excluding hydrogens is 416 g/mol. The van der Waals surface area contributed by atoms with E-state index >= 15 is 0 Å². The molecule has 1 atom stereocenters. The van der Waals surface area contributed by atoms with Crippen LogP contribution in [-0.4, -0.2) is 67.5 Å². The van der Waals surface area contributed by atoms with E-state index in [2.05, 4.69) is 20.9 Å². The SMILES string of the molecule is Cc1ccc(NC(=O)CN2CCC[C@H]2c2cccn2C)cc1S(=O)(=O)N1CCOCC1. The van der Waals surface area contributed by atoms with Crippen molar-refractivity contribution in [2.24, 2.45) is 7.05 Å². The van der Waals surface area contributed by atoms with Crippen LogP contribution in [0.1, 0.15) is 30.1 Å². The van der Waals surface area contributed by atoms with Gasteiger partial charge in [0.25, 0.3) is 0 Å². The number of hydrogen-bond acceptors (Lipinski definition) is 5. The van der Waals surface area contributed by atoms with Gasteiger partial charge in [-0.15, -0.1) is 0 Å². The van der Waals surface area contributed by atoms with Crippen molar-refractivity contribution in [3.63, 3.8) is 0 Å². The molecule has 2 aromatic rings. The van der Waals surface area contributed by atoms with Crippen molar-refractivity contribution in [3.8, 4) is 0 Å². The van der Waals surface area contributed by atoms with Crippen molar-refractivity contribution >= 4 is 21.6 Å². The Morgan fingerprint density at radius 2 is 1.97 bits per heavy atom. The van der Waals surface area contributed by atoms with Crippen LogP contribution in [0.5, 0.6) is 0 Å². The number of hydrogen-bond donors (Lipinski definition) is 1. The number of ether oxygens (including phenoxy) is 1. The Morgan fingerprint density at radius 1 is 1.19 bits per heavy atom. The average molecular weight is 447 g/mol. The van der Waals surface area contributed by atoms with Crippen molar-refractivity contribution in [1.82, 2.24) is 13.8 Å². The highest BCUT2D eigenvalue weighted by molar-refractivity contribution is 7.89. The minimum atomic E-state index is -3.63. The number of likely N-dealkylation sites (tertiary alicyclic amines) is 1. The quantitative estimate of drug-likeness (QED) is 0.735. The molecule has 0 bridgehead atoms. The molecule has 0 spiro atoms. The summed E-state index contributed by atoms with van der Waals surface area (Å²) in [5.74, 6) is -0.139. The van der Waals surface area contributed by atoms with Crippen LogP contribution in [0.2, 0.25) is 0 Å². The van der Waals surface area contributed by atoms with E-state index in [1.54, 1.807) is 25.1 Å². The smallest absolute Gasteiger partial charge is 0.243 e. The molecule has 0 radical (unpaired) electrons. The highest BCUT2D eigenvalue weighted by atomic mass is 32.2. The Hall–Kier alpha value is -2.20. The summed E-state index contributed by atoms with van der Waals surface area (Å²) in [7, 11) is -1.61. The Balaban J connectivity index is 1.46. The van der Waals surface area contributed by atoms with E-state index in [-0.39, 0.29) is 23.4 Å². The van der Waals surface area contributed by atoms with E-state index in [1.807, 2.05) is 19.3 Å². The Bertz CT molecular complexity index is 1040. The van der Waals surface area contributed by atoms with Gasteiger partial charge >= 0.3 is 0 Å². The second-order valence-corrected chi connectivity index (χ2v) is 10.1. The van der Waals surface area contributed by atoms with Gasteiger partial charge in [-0.2, -0.15) is 4.31 Å². The number of sulfonamides is 1. The van der Waals surface area contributed by atoms with Crippen LogP contribution >= 0.6 is 0 Å². The monoisotopic (exact) mass is 446 g/mol. The number of nitrogens with one attached hydrogen (secondary N) is 1. The van der Waals surface area contributed by atoms with Gasteiger partial charge in [0.2, 0.25) is 15.9 Å². The molecule has 9 heteroatoms. The minimum Gasteiger partial charge on any atom is -0.379 e. The number of carbonyl (C=O) groups excluding carboxylic acids is 1. The van der Waals surface area contributed by atoms with E-state index in [1.165, 1.54) is 10.00 Å². The number of benzene rings is 1. The third-order valence-corrected chi connectivity index (χ3v) is 8.14. The normalized spacial score (nSPS) is 20.8. The second kappa shape index (κ2) is 9.12. The van der Waals surface area contributed by atoms with Crippen LogP contribution in [0.3, 0.4) is 0 Å². The van der Waals surface area contributed by atoms with Crippen LogP contribution in [0.25, 0.3) is 0 Å². The van der Waals surface area contributed by atoms with Gasteiger partial charge in [-0.05, 0) is 56.1 Å². The molecule has 31 heavy (non-hydrogen) atoms. The van der Waals surface area contributed by atoms with Gasteiger partial charge in [-0.25, -0.2) is 8.42 Å². The molecular formula is C22H30N4O4S. The zero-order valence-electron chi connectivity index (χ0n) is 18.1. The summed E-state index contributed by atoms with van der Waals surface area (Å²) in [4.78, 5) is 15.2. The van der Waals surface area contributed by atoms with Crippen LogP contribution in [0.15, 0.2) is 41.4 Å². The number of rotatable bonds is 6. The molecule has 3 heterocycles. The number of amides is 1. The molecule has 4 rings (SSSR count). The molecule has 2 fully saturated rings. The lowest BCUT2D eigenvalue weighted by atomic mass is 10.1. The maximum absolute atomic E-state index is 13.1. The highest BCUT2D eigenvalue weighted by Crippen LogP contribution is 2.31. The summed E-state index contributed by atoms with van der Waals surface area (Å²) >= 11 is 0. The number of morpholine rings is 1. The van der Waals surface area contributed by atoms with Gasteiger partial charge in [0.05, 0.1) is 30.7 Å². The molecule has 2 aliphatic heterocycles. The van der Waals surface area contributed by atoms with E-state index in [4.69, 9.17) is 4.74 Å². The maximum atomic E-state index is 13.1. The third kappa shape index (κ3) is 4.69. The summed E-state index contributed by atoms with van der Waals surface area (Å²) in [5.41, 5.74) is 2.37. The standard InChI is InChI=1S/C22H30N4O4S/c1-17-7-8-18(15-21(17)31(28,29)26-11-13-30-14-12-26)23-22(27)16-25-10-4-6-20(25)19-5-3-9-24(19)2/h3,5,7-9,15,20H,4,6,10-14,16H2,1-2H3,(H,23,27)/t20-/m0/s1. The summed E-state index contributed by atoms with van der Waals surface area (Å²) in [6.45, 7) is 4.39. The van der Waals surface area contributed by atoms with Crippen LogP contribution in [0, 0.1) is 6.92 Å². The highest BCUT2D eigenvalue weighted by Gasteiger charge is 2.30. The second-order valence-electron chi connectivity index (χ2n) is 8.22. The molecule has 2 saturated heterocycles. The Morgan fingerprint density at radius 3 is 2.68 bits per heavy atom. The van der Waals surface area contributed by atoms with Gasteiger partial charge in [0.1, 0.15) is 0 Å². The van der Waals surface area contributed by atoms with Crippen molar-refractivity contribution in [3.05, 3.63) is 47.8 Å². The lowest BCUT2D eigenvalue weighted by Crippen LogP contribution is -2.40. The lowest BCUT2D eigenvalue weighted by molar-refractivity contribution is -0.117. The molecule has 0 unspecified atom stereocenters. The summed E-state index contributed by atoms with van der Waals surface area (Å²) in [6.07, 6.45) is 4.10.